The summed E-state index contributed by atoms with van der Waals surface area (Å²) >= 11 is 1.58. The second-order valence-corrected chi connectivity index (χ2v) is 6.64. The Bertz CT molecular complexity index is 890. The number of hydrogen-bond donors (Lipinski definition) is 2. The van der Waals surface area contributed by atoms with Gasteiger partial charge < -0.3 is 24.9 Å². The number of aromatic nitrogens is 1. The first-order chi connectivity index (χ1) is 13.2. The highest BCUT2D eigenvalue weighted by Gasteiger charge is 2.07. The lowest BCUT2D eigenvalue weighted by atomic mass is 10.1. The third kappa shape index (κ3) is 5.01. The van der Waals surface area contributed by atoms with Crippen molar-refractivity contribution in [2.24, 2.45) is 10.7 Å². The van der Waals surface area contributed by atoms with Crippen molar-refractivity contribution in [2.75, 3.05) is 20.8 Å². The van der Waals surface area contributed by atoms with Gasteiger partial charge in [0.05, 0.1) is 25.6 Å². The number of ether oxygens (including phenoxy) is 2. The van der Waals surface area contributed by atoms with Crippen LogP contribution in [0, 0.1) is 0 Å². The predicted molar refractivity (Wildman–Crippen MR) is 106 cm³/mol. The van der Waals surface area contributed by atoms with E-state index >= 15 is 0 Å². The maximum absolute atomic E-state index is 5.93. The van der Waals surface area contributed by atoms with Crippen molar-refractivity contribution in [2.45, 2.75) is 13.0 Å². The molecule has 1 aromatic carbocycles. The summed E-state index contributed by atoms with van der Waals surface area (Å²) in [6.07, 6.45) is 2.39. The molecule has 0 unspecified atom stereocenters. The second-order valence-electron chi connectivity index (χ2n) is 5.69. The van der Waals surface area contributed by atoms with Gasteiger partial charge in [0.1, 0.15) is 12.0 Å². The van der Waals surface area contributed by atoms with Gasteiger partial charge in [-0.2, -0.15) is 0 Å². The lowest BCUT2D eigenvalue weighted by Crippen LogP contribution is -2.33. The third-order valence-electron chi connectivity index (χ3n) is 3.86. The standard InChI is InChI=1S/C19H22N4O3S/c1-24-15-6-5-13(10-16(15)25-2)7-8-21-19(20)22-11-14-12-26-18(23-14)17-4-3-9-27-17/h3-6,9-10,12H,7-8,11H2,1-2H3,(H3,20,21,22). The van der Waals surface area contributed by atoms with Crippen molar-refractivity contribution in [3.8, 4) is 22.3 Å². The Balaban J connectivity index is 1.48. The summed E-state index contributed by atoms with van der Waals surface area (Å²) in [5.41, 5.74) is 7.78. The monoisotopic (exact) mass is 386 g/mol. The predicted octanol–water partition coefficient (Wildman–Crippen LogP) is 3.07. The number of oxazole rings is 1. The van der Waals surface area contributed by atoms with E-state index in [0.717, 1.165) is 22.6 Å². The Morgan fingerprint density at radius 3 is 2.85 bits per heavy atom. The highest BCUT2D eigenvalue weighted by Crippen LogP contribution is 2.27. The number of rotatable bonds is 8. The Morgan fingerprint density at radius 1 is 1.26 bits per heavy atom. The molecule has 0 amide bonds. The molecule has 0 saturated carbocycles. The quantitative estimate of drug-likeness (QED) is 0.456. The van der Waals surface area contributed by atoms with E-state index in [2.05, 4.69) is 15.3 Å². The van der Waals surface area contributed by atoms with Crippen molar-refractivity contribution in [1.82, 2.24) is 10.3 Å². The molecule has 8 heteroatoms. The van der Waals surface area contributed by atoms with Gasteiger partial charge in [0.15, 0.2) is 17.5 Å². The molecule has 142 valence electrons. The summed E-state index contributed by atoms with van der Waals surface area (Å²) < 4.78 is 16.0. The van der Waals surface area contributed by atoms with E-state index in [0.29, 0.717) is 36.4 Å². The molecule has 0 aliphatic rings. The lowest BCUT2D eigenvalue weighted by Gasteiger charge is -2.10. The van der Waals surface area contributed by atoms with E-state index < -0.39 is 0 Å². The minimum Gasteiger partial charge on any atom is -0.493 e. The first kappa shape index (κ1) is 18.8. The number of hydrogen-bond acceptors (Lipinski definition) is 6. The van der Waals surface area contributed by atoms with Crippen molar-refractivity contribution in [1.29, 1.82) is 0 Å². The van der Waals surface area contributed by atoms with Crippen LogP contribution in [0.25, 0.3) is 10.8 Å². The van der Waals surface area contributed by atoms with Crippen molar-refractivity contribution >= 4 is 17.3 Å². The zero-order valence-electron chi connectivity index (χ0n) is 15.3. The fourth-order valence-electron chi connectivity index (χ4n) is 2.49. The van der Waals surface area contributed by atoms with Gasteiger partial charge in [0, 0.05) is 6.54 Å². The summed E-state index contributed by atoms with van der Waals surface area (Å²) in [6.45, 7) is 1.02. The van der Waals surface area contributed by atoms with Gasteiger partial charge in [0.2, 0.25) is 5.89 Å². The summed E-state index contributed by atoms with van der Waals surface area (Å²) in [5, 5.41) is 5.08. The Morgan fingerprint density at radius 2 is 2.11 bits per heavy atom. The zero-order chi connectivity index (χ0) is 19.1. The number of nitrogens with zero attached hydrogens (tertiary/aromatic N) is 2. The molecular weight excluding hydrogens is 364 g/mol. The number of guanidine groups is 1. The molecule has 0 radical (unpaired) electrons. The van der Waals surface area contributed by atoms with Gasteiger partial charge in [-0.3, -0.25) is 0 Å². The summed E-state index contributed by atoms with van der Waals surface area (Å²) in [4.78, 5) is 9.71. The van der Waals surface area contributed by atoms with Crippen molar-refractivity contribution in [3.05, 3.63) is 53.2 Å². The molecule has 0 aliphatic heterocycles. The van der Waals surface area contributed by atoms with Crippen molar-refractivity contribution in [3.63, 3.8) is 0 Å². The summed E-state index contributed by atoms with van der Waals surface area (Å²) in [5.74, 6) is 2.40. The smallest absolute Gasteiger partial charge is 0.236 e. The molecule has 2 aromatic heterocycles. The van der Waals surface area contributed by atoms with E-state index in [1.165, 1.54) is 0 Å². The fourth-order valence-corrected chi connectivity index (χ4v) is 3.14. The maximum Gasteiger partial charge on any atom is 0.236 e. The van der Waals surface area contributed by atoms with Gasteiger partial charge in [-0.05, 0) is 35.6 Å². The Hall–Kier alpha value is -3.00. The molecule has 0 bridgehead atoms. The second kappa shape index (κ2) is 9.09. The van der Waals surface area contributed by atoms with Gasteiger partial charge >= 0.3 is 0 Å². The molecule has 0 atom stereocenters. The lowest BCUT2D eigenvalue weighted by molar-refractivity contribution is 0.354. The van der Waals surface area contributed by atoms with Crippen molar-refractivity contribution < 1.29 is 13.9 Å². The fraction of sp³-hybridized carbons (Fsp3) is 0.263. The van der Waals surface area contributed by atoms with E-state index in [-0.39, 0.29) is 0 Å². The van der Waals surface area contributed by atoms with Crippen LogP contribution in [0.5, 0.6) is 11.5 Å². The maximum atomic E-state index is 5.93. The third-order valence-corrected chi connectivity index (χ3v) is 4.72. The largest absolute Gasteiger partial charge is 0.493 e. The van der Waals surface area contributed by atoms with Gasteiger partial charge in [-0.25, -0.2) is 9.98 Å². The minimum atomic E-state index is 0.365. The first-order valence-corrected chi connectivity index (χ1v) is 9.30. The average molecular weight is 386 g/mol. The Labute approximate surface area is 161 Å². The van der Waals surface area contributed by atoms with Gasteiger partial charge in [-0.15, -0.1) is 11.3 Å². The van der Waals surface area contributed by atoms with Crippen LogP contribution >= 0.6 is 11.3 Å². The number of nitrogens with two attached hydrogens (primary N) is 1. The van der Waals surface area contributed by atoms with E-state index in [1.54, 1.807) is 31.8 Å². The molecule has 0 fully saturated rings. The van der Waals surface area contributed by atoms with Crippen LogP contribution in [-0.2, 0) is 13.0 Å². The molecule has 27 heavy (non-hydrogen) atoms. The molecule has 7 nitrogen and oxygen atoms in total. The van der Waals surface area contributed by atoms with Crippen LogP contribution in [-0.4, -0.2) is 31.7 Å². The average Bonchev–Trinajstić information content (AvgIpc) is 3.37. The number of aliphatic imine (C=N–C) groups is 1. The van der Waals surface area contributed by atoms with Gasteiger partial charge in [0.25, 0.3) is 0 Å². The highest BCUT2D eigenvalue weighted by atomic mass is 32.1. The van der Waals surface area contributed by atoms with Crippen LogP contribution in [0.4, 0.5) is 0 Å². The van der Waals surface area contributed by atoms with Gasteiger partial charge in [-0.1, -0.05) is 12.1 Å². The normalized spacial score (nSPS) is 11.4. The molecule has 2 heterocycles. The summed E-state index contributed by atoms with van der Waals surface area (Å²) in [7, 11) is 3.24. The van der Waals surface area contributed by atoms with Crippen LogP contribution in [0.3, 0.4) is 0 Å². The molecule has 0 saturated heterocycles. The van der Waals surface area contributed by atoms with Crippen LogP contribution in [0.1, 0.15) is 11.3 Å². The highest BCUT2D eigenvalue weighted by molar-refractivity contribution is 7.13. The molecule has 3 rings (SSSR count). The first-order valence-electron chi connectivity index (χ1n) is 8.42. The molecule has 3 N–H and O–H groups in total. The number of nitrogens with one attached hydrogen (secondary N) is 1. The number of benzene rings is 1. The van der Waals surface area contributed by atoms with Crippen LogP contribution in [0.15, 0.2) is 51.4 Å². The number of thiophene rings is 1. The molecular formula is C19H22N4O3S. The van der Waals surface area contributed by atoms with E-state index in [4.69, 9.17) is 19.6 Å². The minimum absolute atomic E-state index is 0.365. The zero-order valence-corrected chi connectivity index (χ0v) is 16.1. The van der Waals surface area contributed by atoms with Crippen LogP contribution in [0.2, 0.25) is 0 Å². The Kier molecular flexibility index (Phi) is 6.32. The molecule has 0 aliphatic carbocycles. The van der Waals surface area contributed by atoms with E-state index in [1.807, 2.05) is 35.7 Å². The summed E-state index contributed by atoms with van der Waals surface area (Å²) in [6, 6.07) is 9.77. The molecule has 3 aromatic rings. The SMILES string of the molecule is COc1ccc(CCNC(N)=NCc2coc(-c3cccs3)n2)cc1OC. The molecule has 0 spiro atoms. The topological polar surface area (TPSA) is 94.9 Å². The van der Waals surface area contributed by atoms with Crippen LogP contribution < -0.4 is 20.5 Å². The van der Waals surface area contributed by atoms with E-state index in [9.17, 15) is 0 Å². The number of methoxy groups -OCH3 is 2.